The van der Waals surface area contributed by atoms with Crippen molar-refractivity contribution in [2.75, 3.05) is 0 Å². The van der Waals surface area contributed by atoms with E-state index < -0.39 is 243 Å². The Labute approximate surface area is 382 Å². The third-order valence-electron chi connectivity index (χ3n) is 12.6. The Hall–Kier alpha value is -5.89. The summed E-state index contributed by atoms with van der Waals surface area (Å²) in [6.07, 6.45) is -15.7. The van der Waals surface area contributed by atoms with Crippen LogP contribution < -0.4 is 0 Å². The summed E-state index contributed by atoms with van der Waals surface area (Å²) in [5.74, 6) is -69.0. The van der Waals surface area contributed by atoms with Gasteiger partial charge in [0.2, 0.25) is 29.1 Å². The molecule has 0 spiro atoms. The van der Waals surface area contributed by atoms with E-state index in [1.807, 2.05) is 0 Å². The van der Waals surface area contributed by atoms with E-state index in [2.05, 4.69) is 0 Å². The van der Waals surface area contributed by atoms with Crippen molar-refractivity contribution < 1.29 is 114 Å². The number of ether oxygens (including phenoxy) is 1. The van der Waals surface area contributed by atoms with Crippen LogP contribution in [0.2, 0.25) is 0 Å². The van der Waals surface area contributed by atoms with Crippen molar-refractivity contribution in [3.8, 4) is 0 Å². The average Bonchev–Trinajstić information content (AvgIpc) is 3.83. The maximum atomic E-state index is 15.7. The Balaban J connectivity index is 1.38. The predicted molar refractivity (Wildman–Crippen MR) is 183 cm³/mol. The van der Waals surface area contributed by atoms with Crippen LogP contribution >= 0.6 is 0 Å². The molecule has 4 saturated heterocycles. The van der Waals surface area contributed by atoms with Crippen LogP contribution in [0.25, 0.3) is 0 Å². The van der Waals surface area contributed by atoms with E-state index >= 15 is 43.9 Å². The second-order valence-corrected chi connectivity index (χ2v) is 16.2. The summed E-state index contributed by atoms with van der Waals surface area (Å²) >= 11 is 0. The van der Waals surface area contributed by atoms with Gasteiger partial charge in [0.05, 0.1) is 12.3 Å². The summed E-state index contributed by atoms with van der Waals surface area (Å²) in [6.45, 7) is -9.73. The normalized spacial score (nSPS) is 22.5. The molecule has 4 bridgehead atoms. The highest BCUT2D eigenvalue weighted by Crippen LogP contribution is 2.54. The maximum Gasteiger partial charge on any atom is 0.200 e. The zero-order chi connectivity index (χ0) is 52.9. The van der Waals surface area contributed by atoms with Gasteiger partial charge in [-0.25, -0.2) is 110 Å². The van der Waals surface area contributed by atoms with Crippen LogP contribution in [0.5, 0.6) is 0 Å². The van der Waals surface area contributed by atoms with E-state index in [4.69, 9.17) is 4.74 Å². The monoisotopic (exact) mass is 1070 g/mol. The Morgan fingerprint density at radius 1 is 0.194 bits per heavy atom. The highest BCUT2D eigenvalue weighted by atomic mass is 19.2. The van der Waals surface area contributed by atoms with E-state index in [9.17, 15) is 65.9 Å². The van der Waals surface area contributed by atoms with Crippen LogP contribution in [-0.4, -0.2) is 61.6 Å². The van der Waals surface area contributed by atoms with Gasteiger partial charge in [-0.1, -0.05) is 0 Å². The third kappa shape index (κ3) is 7.07. The van der Waals surface area contributed by atoms with E-state index in [1.54, 1.807) is 0 Å². The molecule has 31 heteroatoms. The maximum absolute atomic E-state index is 15.7. The van der Waals surface area contributed by atoms with Crippen molar-refractivity contribution in [1.82, 2.24) is 24.5 Å². The lowest BCUT2D eigenvalue weighted by molar-refractivity contribution is -0.194. The zero-order valence-electron chi connectivity index (χ0n) is 34.1. The minimum absolute atomic E-state index is 0.234. The van der Waals surface area contributed by atoms with Crippen molar-refractivity contribution in [1.29, 1.82) is 0 Å². The van der Waals surface area contributed by atoms with E-state index in [0.717, 1.165) is 0 Å². The van der Waals surface area contributed by atoms with E-state index in [1.165, 1.54) is 0 Å². The molecule has 9 rings (SSSR count). The molecular formula is C41H16F25N5O. The zero-order valence-corrected chi connectivity index (χ0v) is 34.1. The molecule has 6 atom stereocenters. The first-order chi connectivity index (χ1) is 33.7. The van der Waals surface area contributed by atoms with Gasteiger partial charge in [0.15, 0.2) is 116 Å². The van der Waals surface area contributed by atoms with Gasteiger partial charge in [-0.2, -0.15) is 0 Å². The summed E-state index contributed by atoms with van der Waals surface area (Å²) in [5, 5.41) is 0. The number of nitrogens with zero attached hydrogens (tertiary/aromatic N) is 5. The molecule has 72 heavy (non-hydrogen) atoms. The molecule has 4 fully saturated rings. The van der Waals surface area contributed by atoms with Gasteiger partial charge in [-0.05, 0) is 0 Å². The summed E-state index contributed by atoms with van der Waals surface area (Å²) in [7, 11) is 0. The number of hydrogen-bond acceptors (Lipinski definition) is 6. The van der Waals surface area contributed by atoms with Gasteiger partial charge in [0, 0.05) is 60.5 Å². The first kappa shape index (κ1) is 51.0. The third-order valence-corrected chi connectivity index (χ3v) is 12.6. The van der Waals surface area contributed by atoms with Crippen LogP contribution in [0, 0.1) is 145 Å². The number of halogens is 25. The van der Waals surface area contributed by atoms with Crippen LogP contribution in [0.4, 0.5) is 110 Å². The minimum atomic E-state index is -2.85. The van der Waals surface area contributed by atoms with Crippen LogP contribution in [0.1, 0.15) is 27.8 Å². The average molecular weight is 1070 g/mol. The van der Waals surface area contributed by atoms with E-state index in [0.29, 0.717) is 0 Å². The quantitative estimate of drug-likeness (QED) is 0.0786. The molecule has 6 nitrogen and oxygen atoms in total. The molecule has 0 amide bonds. The fraction of sp³-hybridized carbons (Fsp3) is 0.268. The Bertz CT molecular complexity index is 2960. The van der Waals surface area contributed by atoms with Crippen LogP contribution in [0.3, 0.4) is 0 Å². The summed E-state index contributed by atoms with van der Waals surface area (Å²) in [4.78, 5) is 1.23. The first-order valence-corrected chi connectivity index (χ1v) is 19.6. The van der Waals surface area contributed by atoms with Crippen molar-refractivity contribution in [3.05, 3.63) is 173 Å². The predicted octanol–water partition coefficient (Wildman–Crippen LogP) is 10.0. The molecular weight excluding hydrogens is 1050 g/mol. The SMILES string of the molecule is Fc1c(F)c(F)c(CN2C3OC4C2N(Cc2c(F)c(F)c(F)c(F)c2F)C2C(N4Cc4c(F)c(F)c(F)c(F)c4F)N(Cc4c(F)c(F)c(F)c(F)c4F)C3N2Cc2c(F)c(F)c(F)c(F)c2F)c(F)c1F. The number of benzene rings is 5. The second kappa shape index (κ2) is 17.7. The van der Waals surface area contributed by atoms with Gasteiger partial charge < -0.3 is 4.74 Å². The first-order valence-electron chi connectivity index (χ1n) is 19.6. The number of fused-ring (bicyclic) bond motifs is 3. The standard InChI is InChI=1S/C41H16F25N5O/c42-11-6(12(43)22(53)31(62)21(11)52)1-67-36-37-69(3-8-15(46)25(56)33(64)26(57)16(8)47)38(67)40-71(5-10-19(50)29(60)35(66)30(61)20(10)51)39(68(36)2-7-13(44)23(54)32(63)24(55)14(7)45)41(72-40)70(37)4-9-17(48)27(58)34(65)28(59)18(9)49/h36-41H,1-5H2. The smallest absolute Gasteiger partial charge is 0.200 e. The van der Waals surface area contributed by atoms with Gasteiger partial charge in [-0.15, -0.1) is 0 Å². The fourth-order valence-electron chi connectivity index (χ4n) is 9.44. The highest BCUT2D eigenvalue weighted by molar-refractivity contribution is 5.32. The fourth-order valence-corrected chi connectivity index (χ4v) is 9.44. The molecule has 5 aromatic rings. The molecule has 4 aliphatic heterocycles. The minimum Gasteiger partial charge on any atom is -0.338 e. The molecule has 0 radical (unpaired) electrons. The van der Waals surface area contributed by atoms with Crippen molar-refractivity contribution in [3.63, 3.8) is 0 Å². The molecule has 0 aliphatic carbocycles. The highest BCUT2D eigenvalue weighted by Gasteiger charge is 2.71. The molecule has 0 saturated carbocycles. The molecule has 0 N–H and O–H groups in total. The lowest BCUT2D eigenvalue weighted by Crippen LogP contribution is -2.72. The van der Waals surface area contributed by atoms with Gasteiger partial charge in [-0.3, -0.25) is 24.5 Å². The van der Waals surface area contributed by atoms with Crippen molar-refractivity contribution in [2.45, 2.75) is 69.8 Å². The molecule has 6 unspecified atom stereocenters. The lowest BCUT2D eigenvalue weighted by atomic mass is 10.0. The molecule has 4 heterocycles. The van der Waals surface area contributed by atoms with Crippen molar-refractivity contribution >= 4 is 0 Å². The van der Waals surface area contributed by atoms with Crippen molar-refractivity contribution in [2.24, 2.45) is 0 Å². The van der Waals surface area contributed by atoms with Crippen LogP contribution in [-0.2, 0) is 37.5 Å². The molecule has 0 aromatic heterocycles. The molecule has 386 valence electrons. The Kier molecular flexibility index (Phi) is 12.5. The number of hydrogen-bond donors (Lipinski definition) is 0. The Morgan fingerprint density at radius 3 is 0.542 bits per heavy atom. The summed E-state index contributed by atoms with van der Waals surface area (Å²) < 4.78 is 382. The molecule has 4 aliphatic rings. The van der Waals surface area contributed by atoms with E-state index in [-0.39, 0.29) is 24.5 Å². The topological polar surface area (TPSA) is 25.4 Å². The number of piperazine rings is 1. The lowest BCUT2D eigenvalue weighted by Gasteiger charge is -2.54. The largest absolute Gasteiger partial charge is 0.338 e. The Morgan fingerprint density at radius 2 is 0.333 bits per heavy atom. The van der Waals surface area contributed by atoms with Gasteiger partial charge >= 0.3 is 0 Å². The number of rotatable bonds is 10. The summed E-state index contributed by atoms with van der Waals surface area (Å²) in [6, 6.07) is 0. The summed E-state index contributed by atoms with van der Waals surface area (Å²) in [5.41, 5.74) is -9.91. The van der Waals surface area contributed by atoms with Gasteiger partial charge in [0.25, 0.3) is 0 Å². The van der Waals surface area contributed by atoms with Crippen LogP contribution in [0.15, 0.2) is 0 Å². The molecule has 5 aromatic carbocycles. The van der Waals surface area contributed by atoms with Gasteiger partial charge in [0.1, 0.15) is 24.8 Å². The second-order valence-electron chi connectivity index (χ2n) is 16.2.